The Morgan fingerprint density at radius 3 is 2.77 bits per heavy atom. The lowest BCUT2D eigenvalue weighted by molar-refractivity contribution is -0.136. The van der Waals surface area contributed by atoms with Crippen LogP contribution in [0, 0.1) is 6.92 Å². The Kier molecular flexibility index (Phi) is 5.52. The molecule has 2 N–H and O–H groups in total. The fourth-order valence-electron chi connectivity index (χ4n) is 3.02. The van der Waals surface area contributed by atoms with Crippen molar-refractivity contribution in [3.8, 4) is 0 Å². The normalized spacial score (nSPS) is 20.5. The van der Waals surface area contributed by atoms with E-state index < -0.39 is 0 Å². The third-order valence-corrected chi connectivity index (χ3v) is 4.48. The van der Waals surface area contributed by atoms with Crippen molar-refractivity contribution in [3.05, 3.63) is 11.6 Å². The summed E-state index contributed by atoms with van der Waals surface area (Å²) >= 11 is 0. The summed E-state index contributed by atoms with van der Waals surface area (Å²) in [7, 11) is 3.88. The highest BCUT2D eigenvalue weighted by Gasteiger charge is 2.29. The first-order valence-corrected chi connectivity index (χ1v) is 7.98. The van der Waals surface area contributed by atoms with Crippen LogP contribution in [-0.4, -0.2) is 62.7 Å². The molecule has 0 aromatic carbocycles. The minimum absolute atomic E-state index is 0.0240. The maximum atomic E-state index is 12.6. The predicted molar refractivity (Wildman–Crippen MR) is 85.1 cm³/mol. The van der Waals surface area contributed by atoms with Crippen LogP contribution in [0.1, 0.15) is 37.8 Å². The molecule has 1 aromatic heterocycles. The molecule has 2 heterocycles. The quantitative estimate of drug-likeness (QED) is 0.845. The van der Waals surface area contributed by atoms with Gasteiger partial charge in [0.05, 0.1) is 13.1 Å². The van der Waals surface area contributed by atoms with Crippen LogP contribution in [0.4, 0.5) is 0 Å². The summed E-state index contributed by atoms with van der Waals surface area (Å²) in [5.74, 6) is 1.90. The zero-order chi connectivity index (χ0) is 16.3. The molecule has 7 nitrogen and oxygen atoms in total. The average Bonchev–Trinajstić information content (AvgIpc) is 2.79. The van der Waals surface area contributed by atoms with Gasteiger partial charge in [-0.3, -0.25) is 9.69 Å². The fraction of sp³-hybridized carbons (Fsp3) is 0.800. The van der Waals surface area contributed by atoms with Gasteiger partial charge >= 0.3 is 0 Å². The van der Waals surface area contributed by atoms with Crippen LogP contribution in [0.15, 0.2) is 0 Å². The first-order chi connectivity index (χ1) is 10.4. The number of aromatic nitrogens is 3. The van der Waals surface area contributed by atoms with E-state index in [0.29, 0.717) is 13.1 Å². The number of rotatable bonds is 5. The van der Waals surface area contributed by atoms with Crippen molar-refractivity contribution in [1.82, 2.24) is 24.6 Å². The number of hydrogen-bond acceptors (Lipinski definition) is 5. The zero-order valence-electron chi connectivity index (χ0n) is 14.1. The van der Waals surface area contributed by atoms with Crippen molar-refractivity contribution in [1.29, 1.82) is 0 Å². The van der Waals surface area contributed by atoms with Gasteiger partial charge < -0.3 is 15.2 Å². The van der Waals surface area contributed by atoms with E-state index in [1.54, 1.807) is 0 Å². The lowest BCUT2D eigenvalue weighted by atomic mass is 9.97. The van der Waals surface area contributed by atoms with Gasteiger partial charge in [0.15, 0.2) is 0 Å². The predicted octanol–water partition coefficient (Wildman–Crippen LogP) is 0.284. The van der Waals surface area contributed by atoms with E-state index in [2.05, 4.69) is 10.2 Å². The summed E-state index contributed by atoms with van der Waals surface area (Å²) in [6.45, 7) is 5.72. The van der Waals surface area contributed by atoms with Gasteiger partial charge in [-0.2, -0.15) is 0 Å². The van der Waals surface area contributed by atoms with Crippen LogP contribution in [0.2, 0.25) is 0 Å². The molecule has 0 saturated carbocycles. The number of amides is 1. The van der Waals surface area contributed by atoms with Gasteiger partial charge in [-0.25, -0.2) is 0 Å². The smallest absolute Gasteiger partial charge is 0.237 e. The van der Waals surface area contributed by atoms with Gasteiger partial charge in [0.2, 0.25) is 5.91 Å². The van der Waals surface area contributed by atoms with Crippen LogP contribution < -0.4 is 5.73 Å². The van der Waals surface area contributed by atoms with Gasteiger partial charge in [0.1, 0.15) is 11.6 Å². The first-order valence-electron chi connectivity index (χ1n) is 7.98. The number of carbonyl (C=O) groups is 1. The number of piperidine rings is 1. The summed E-state index contributed by atoms with van der Waals surface area (Å²) in [4.78, 5) is 16.5. The molecule has 0 radical (unpaired) electrons. The molecule has 1 aliphatic rings. The topological polar surface area (TPSA) is 80.3 Å². The molecule has 1 fully saturated rings. The molecule has 0 unspecified atom stereocenters. The summed E-state index contributed by atoms with van der Waals surface area (Å²) in [5, 5.41) is 8.19. The Hall–Kier alpha value is -1.47. The Morgan fingerprint density at radius 2 is 2.18 bits per heavy atom. The lowest BCUT2D eigenvalue weighted by Gasteiger charge is -2.38. The molecule has 1 aliphatic heterocycles. The summed E-state index contributed by atoms with van der Waals surface area (Å²) in [5.41, 5.74) is 6.04. The van der Waals surface area contributed by atoms with E-state index >= 15 is 0 Å². The summed E-state index contributed by atoms with van der Waals surface area (Å²) in [6.07, 6.45) is 3.24. The van der Waals surface area contributed by atoms with E-state index in [-0.39, 0.29) is 18.0 Å². The van der Waals surface area contributed by atoms with Crippen molar-refractivity contribution in [2.24, 2.45) is 12.8 Å². The minimum atomic E-state index is 0.0240. The fourth-order valence-corrected chi connectivity index (χ4v) is 3.02. The lowest BCUT2D eigenvalue weighted by Crippen LogP contribution is -2.53. The van der Waals surface area contributed by atoms with Gasteiger partial charge in [-0.05, 0) is 40.2 Å². The number of likely N-dealkylation sites (N-methyl/N-ethyl adjacent to an activating group) is 1. The summed E-state index contributed by atoms with van der Waals surface area (Å²) in [6, 6.07) is 0.197. The molecule has 1 amide bonds. The molecule has 2 atom stereocenters. The molecule has 1 aromatic rings. The standard InChI is InChI=1S/C15H28N6O/c1-11(16)13-7-5-6-8-21(13)15(22)10-19(3)9-14-18-17-12(2)20(14)4/h11,13H,5-10,16H2,1-4H3/t11-,13-/m0/s1. The second-order valence-corrected chi connectivity index (χ2v) is 6.40. The van der Waals surface area contributed by atoms with Crippen molar-refractivity contribution in [2.75, 3.05) is 20.1 Å². The molecule has 1 saturated heterocycles. The van der Waals surface area contributed by atoms with Crippen molar-refractivity contribution in [3.63, 3.8) is 0 Å². The Morgan fingerprint density at radius 1 is 1.45 bits per heavy atom. The van der Waals surface area contributed by atoms with Crippen LogP contribution in [0.5, 0.6) is 0 Å². The van der Waals surface area contributed by atoms with E-state index in [0.717, 1.165) is 37.5 Å². The number of likely N-dealkylation sites (tertiary alicyclic amines) is 1. The molecule has 0 spiro atoms. The van der Waals surface area contributed by atoms with Crippen molar-refractivity contribution >= 4 is 5.91 Å². The molecular weight excluding hydrogens is 280 g/mol. The molecule has 0 bridgehead atoms. The highest BCUT2D eigenvalue weighted by atomic mass is 16.2. The highest BCUT2D eigenvalue weighted by Crippen LogP contribution is 2.19. The number of nitrogens with two attached hydrogens (primary N) is 1. The molecular formula is C15H28N6O. The number of carbonyl (C=O) groups excluding carboxylic acids is 1. The summed E-state index contributed by atoms with van der Waals surface area (Å²) < 4.78 is 1.95. The second kappa shape index (κ2) is 7.19. The zero-order valence-corrected chi connectivity index (χ0v) is 14.1. The molecule has 2 rings (SSSR count). The van der Waals surface area contributed by atoms with E-state index in [4.69, 9.17) is 5.73 Å². The number of aryl methyl sites for hydroxylation is 1. The Bertz CT molecular complexity index is 512. The third-order valence-electron chi connectivity index (χ3n) is 4.48. The number of nitrogens with zero attached hydrogens (tertiary/aromatic N) is 5. The van der Waals surface area contributed by atoms with E-state index in [1.165, 1.54) is 0 Å². The monoisotopic (exact) mass is 308 g/mol. The molecule has 22 heavy (non-hydrogen) atoms. The van der Waals surface area contributed by atoms with Crippen LogP contribution in [-0.2, 0) is 18.4 Å². The minimum Gasteiger partial charge on any atom is -0.337 e. The second-order valence-electron chi connectivity index (χ2n) is 6.40. The molecule has 7 heteroatoms. The maximum absolute atomic E-state index is 12.6. The van der Waals surface area contributed by atoms with Gasteiger partial charge in [-0.15, -0.1) is 10.2 Å². The maximum Gasteiger partial charge on any atom is 0.237 e. The first kappa shape index (κ1) is 16.9. The van der Waals surface area contributed by atoms with Gasteiger partial charge in [0.25, 0.3) is 0 Å². The third kappa shape index (κ3) is 3.84. The van der Waals surface area contributed by atoms with Crippen LogP contribution in [0.3, 0.4) is 0 Å². The van der Waals surface area contributed by atoms with Gasteiger partial charge in [-0.1, -0.05) is 0 Å². The Balaban J connectivity index is 1.94. The van der Waals surface area contributed by atoms with Crippen LogP contribution >= 0.6 is 0 Å². The molecule has 124 valence electrons. The SMILES string of the molecule is Cc1nnc(CN(C)CC(=O)N2CCCC[C@H]2[C@H](C)N)n1C. The van der Waals surface area contributed by atoms with E-state index in [9.17, 15) is 4.79 Å². The molecule has 0 aliphatic carbocycles. The number of hydrogen-bond donors (Lipinski definition) is 1. The van der Waals surface area contributed by atoms with Crippen molar-refractivity contribution < 1.29 is 4.79 Å². The van der Waals surface area contributed by atoms with E-state index in [1.807, 2.05) is 42.3 Å². The van der Waals surface area contributed by atoms with Gasteiger partial charge in [0, 0.05) is 25.7 Å². The average molecular weight is 308 g/mol. The van der Waals surface area contributed by atoms with Crippen molar-refractivity contribution in [2.45, 2.75) is 51.7 Å². The highest BCUT2D eigenvalue weighted by molar-refractivity contribution is 5.78. The Labute approximate surface area is 132 Å². The largest absolute Gasteiger partial charge is 0.337 e. The van der Waals surface area contributed by atoms with Crippen LogP contribution in [0.25, 0.3) is 0 Å².